The number of fused-ring (bicyclic) bond motifs is 1. The first-order valence-corrected chi connectivity index (χ1v) is 11.6. The molecule has 8 heteroatoms. The predicted molar refractivity (Wildman–Crippen MR) is 126 cm³/mol. The zero-order chi connectivity index (χ0) is 22.8. The van der Waals surface area contributed by atoms with Crippen molar-refractivity contribution in [3.8, 4) is 10.6 Å². The Morgan fingerprint density at radius 2 is 1.94 bits per heavy atom. The number of thiophene rings is 1. The lowest BCUT2D eigenvalue weighted by Gasteiger charge is -2.43. The Morgan fingerprint density at radius 3 is 2.67 bits per heavy atom. The van der Waals surface area contributed by atoms with Gasteiger partial charge in [-0.15, -0.1) is 11.3 Å². The summed E-state index contributed by atoms with van der Waals surface area (Å²) in [4.78, 5) is 34.0. The van der Waals surface area contributed by atoms with Crippen LogP contribution in [0.25, 0.3) is 10.6 Å². The van der Waals surface area contributed by atoms with Gasteiger partial charge >= 0.3 is 0 Å². The largest absolute Gasteiger partial charge is 0.350 e. The highest BCUT2D eigenvalue weighted by molar-refractivity contribution is 7.13. The minimum absolute atomic E-state index is 0.220. The van der Waals surface area contributed by atoms with Crippen molar-refractivity contribution in [2.75, 3.05) is 0 Å². The second kappa shape index (κ2) is 8.63. The van der Waals surface area contributed by atoms with Gasteiger partial charge in [-0.25, -0.2) is 0 Å². The number of amides is 2. The molecule has 1 aliphatic rings. The van der Waals surface area contributed by atoms with Gasteiger partial charge in [0.2, 0.25) is 5.91 Å². The van der Waals surface area contributed by atoms with Gasteiger partial charge in [-0.05, 0) is 41.6 Å². The zero-order valence-corrected chi connectivity index (χ0v) is 19.0. The molecule has 4 heterocycles. The van der Waals surface area contributed by atoms with Crippen molar-refractivity contribution in [1.29, 1.82) is 0 Å². The molecule has 4 aromatic rings. The number of aromatic nitrogens is 3. The first-order chi connectivity index (χ1) is 16.0. The van der Waals surface area contributed by atoms with Crippen LogP contribution in [-0.2, 0) is 24.4 Å². The molecular weight excluding hydrogens is 434 g/mol. The summed E-state index contributed by atoms with van der Waals surface area (Å²) in [5.74, 6) is -0.444. The molecule has 0 unspecified atom stereocenters. The Morgan fingerprint density at radius 1 is 1.12 bits per heavy atom. The zero-order valence-electron chi connectivity index (χ0n) is 18.1. The van der Waals surface area contributed by atoms with Gasteiger partial charge in [-0.3, -0.25) is 19.3 Å². The number of nitrogens with zero attached hydrogens (tertiary/aromatic N) is 4. The van der Waals surface area contributed by atoms with Crippen molar-refractivity contribution in [2.24, 2.45) is 0 Å². The van der Waals surface area contributed by atoms with Gasteiger partial charge in [0.25, 0.3) is 5.91 Å². The van der Waals surface area contributed by atoms with Crippen molar-refractivity contribution in [3.05, 3.63) is 95.3 Å². The maximum Gasteiger partial charge on any atom is 0.273 e. The van der Waals surface area contributed by atoms with Crippen molar-refractivity contribution in [3.63, 3.8) is 0 Å². The Hall–Kier alpha value is -3.78. The molecule has 0 saturated carbocycles. The SMILES string of the molecule is C[C@@]1(C(=O)NCc2ccccc2)Cn2nc(-c3cccs3)cc2C(=O)N1Cc1cccnc1. The maximum atomic E-state index is 13.7. The van der Waals surface area contributed by atoms with E-state index < -0.39 is 5.54 Å². The Kier molecular flexibility index (Phi) is 5.51. The van der Waals surface area contributed by atoms with Crippen LogP contribution in [0.5, 0.6) is 0 Å². The van der Waals surface area contributed by atoms with E-state index in [-0.39, 0.29) is 24.9 Å². The molecule has 5 rings (SSSR count). The molecule has 166 valence electrons. The van der Waals surface area contributed by atoms with E-state index >= 15 is 0 Å². The lowest BCUT2D eigenvalue weighted by Crippen LogP contribution is -2.63. The van der Waals surface area contributed by atoms with Gasteiger partial charge in [0.05, 0.1) is 11.4 Å². The molecule has 0 saturated heterocycles. The van der Waals surface area contributed by atoms with E-state index in [0.29, 0.717) is 12.2 Å². The molecule has 1 aliphatic heterocycles. The van der Waals surface area contributed by atoms with Crippen molar-refractivity contribution in [2.45, 2.75) is 32.1 Å². The minimum atomic E-state index is -1.12. The number of hydrogen-bond donors (Lipinski definition) is 1. The highest BCUT2D eigenvalue weighted by atomic mass is 32.1. The van der Waals surface area contributed by atoms with Crippen molar-refractivity contribution >= 4 is 23.2 Å². The number of rotatable bonds is 6. The van der Waals surface area contributed by atoms with Crippen LogP contribution in [-0.4, -0.2) is 37.0 Å². The highest BCUT2D eigenvalue weighted by Gasteiger charge is 2.48. The van der Waals surface area contributed by atoms with Gasteiger partial charge in [0, 0.05) is 25.5 Å². The topological polar surface area (TPSA) is 80.1 Å². The fourth-order valence-corrected chi connectivity index (χ4v) is 4.76. The van der Waals surface area contributed by atoms with Crippen LogP contribution >= 0.6 is 11.3 Å². The first-order valence-electron chi connectivity index (χ1n) is 10.7. The third-order valence-electron chi connectivity index (χ3n) is 5.92. The van der Waals surface area contributed by atoms with E-state index in [9.17, 15) is 9.59 Å². The molecule has 3 aromatic heterocycles. The Balaban J connectivity index is 1.49. The summed E-state index contributed by atoms with van der Waals surface area (Å²) in [6.45, 7) is 2.73. The highest BCUT2D eigenvalue weighted by Crippen LogP contribution is 2.32. The second-order valence-electron chi connectivity index (χ2n) is 8.24. The Bertz CT molecular complexity index is 1270. The number of pyridine rings is 1. The Labute approximate surface area is 195 Å². The lowest BCUT2D eigenvalue weighted by molar-refractivity contribution is -0.133. The maximum absolute atomic E-state index is 13.7. The normalized spacial score (nSPS) is 17.6. The van der Waals surface area contributed by atoms with Gasteiger partial charge in [-0.2, -0.15) is 5.10 Å². The number of carbonyl (C=O) groups is 2. The van der Waals surface area contributed by atoms with Crippen LogP contribution in [0.2, 0.25) is 0 Å². The summed E-state index contributed by atoms with van der Waals surface area (Å²) in [7, 11) is 0. The van der Waals surface area contributed by atoms with Crippen LogP contribution in [0.15, 0.2) is 78.4 Å². The van der Waals surface area contributed by atoms with Crippen LogP contribution < -0.4 is 5.32 Å². The number of hydrogen-bond acceptors (Lipinski definition) is 5. The molecule has 0 fully saturated rings. The third kappa shape index (κ3) is 4.05. The summed E-state index contributed by atoms with van der Waals surface area (Å²) >= 11 is 1.57. The van der Waals surface area contributed by atoms with Crippen LogP contribution in [0.3, 0.4) is 0 Å². The number of nitrogens with one attached hydrogen (secondary N) is 1. The number of carbonyl (C=O) groups excluding carboxylic acids is 2. The average Bonchev–Trinajstić information content (AvgIpc) is 3.52. The van der Waals surface area contributed by atoms with Crippen LogP contribution in [0.1, 0.15) is 28.5 Å². The van der Waals surface area contributed by atoms with Crippen LogP contribution in [0, 0.1) is 0 Å². The monoisotopic (exact) mass is 457 g/mol. The van der Waals surface area contributed by atoms with E-state index in [4.69, 9.17) is 0 Å². The molecule has 0 radical (unpaired) electrons. The summed E-state index contributed by atoms with van der Waals surface area (Å²) in [6, 6.07) is 19.2. The summed E-state index contributed by atoms with van der Waals surface area (Å²) in [5.41, 5.74) is 1.96. The lowest BCUT2D eigenvalue weighted by atomic mass is 9.94. The summed E-state index contributed by atoms with van der Waals surface area (Å²) in [5, 5.41) is 9.67. The second-order valence-corrected chi connectivity index (χ2v) is 9.19. The van der Waals surface area contributed by atoms with Gasteiger partial charge in [0.15, 0.2) is 0 Å². The van der Waals surface area contributed by atoms with Gasteiger partial charge < -0.3 is 10.2 Å². The van der Waals surface area contributed by atoms with E-state index in [0.717, 1.165) is 21.7 Å². The molecule has 2 amide bonds. The smallest absolute Gasteiger partial charge is 0.273 e. The molecule has 0 aliphatic carbocycles. The molecular formula is C25H23N5O2S. The standard InChI is InChI=1S/C25H23N5O2S/c1-25(24(32)27-15-18-7-3-2-4-8-18)17-30-21(13-20(28-30)22-10-6-12-33-22)23(31)29(25)16-19-9-5-11-26-14-19/h2-14H,15-17H2,1H3,(H,27,32)/t25-/m0/s1. The van der Waals surface area contributed by atoms with E-state index in [1.54, 1.807) is 40.2 Å². The fourth-order valence-electron chi connectivity index (χ4n) is 4.08. The summed E-state index contributed by atoms with van der Waals surface area (Å²) < 4.78 is 1.67. The predicted octanol–water partition coefficient (Wildman–Crippen LogP) is 3.74. The van der Waals surface area contributed by atoms with E-state index in [1.165, 1.54) is 0 Å². The van der Waals surface area contributed by atoms with Gasteiger partial charge in [0.1, 0.15) is 16.9 Å². The van der Waals surface area contributed by atoms with Crippen molar-refractivity contribution < 1.29 is 9.59 Å². The average molecular weight is 458 g/mol. The third-order valence-corrected chi connectivity index (χ3v) is 6.81. The van der Waals surface area contributed by atoms with E-state index in [2.05, 4.69) is 15.4 Å². The summed E-state index contributed by atoms with van der Waals surface area (Å²) in [6.07, 6.45) is 3.41. The van der Waals surface area contributed by atoms with Crippen LogP contribution in [0.4, 0.5) is 0 Å². The molecule has 33 heavy (non-hydrogen) atoms. The molecule has 7 nitrogen and oxygen atoms in total. The quantitative estimate of drug-likeness (QED) is 0.478. The molecule has 1 aromatic carbocycles. The molecule has 1 atom stereocenters. The molecule has 0 bridgehead atoms. The molecule has 0 spiro atoms. The van der Waals surface area contributed by atoms with Gasteiger partial charge in [-0.1, -0.05) is 42.5 Å². The fraction of sp³-hybridized carbons (Fsp3) is 0.200. The van der Waals surface area contributed by atoms with E-state index in [1.807, 2.05) is 66.0 Å². The van der Waals surface area contributed by atoms with Crippen molar-refractivity contribution in [1.82, 2.24) is 25.0 Å². The number of benzene rings is 1. The molecule has 1 N–H and O–H groups in total. The minimum Gasteiger partial charge on any atom is -0.350 e. The first kappa shape index (κ1) is 21.1.